The van der Waals surface area contributed by atoms with Crippen LogP contribution in [0.1, 0.15) is 56.9 Å². The zero-order chi connectivity index (χ0) is 22.9. The molecule has 4 aromatic rings. The molecule has 0 spiro atoms. The van der Waals surface area contributed by atoms with Crippen molar-refractivity contribution in [1.82, 2.24) is 4.57 Å². The van der Waals surface area contributed by atoms with Gasteiger partial charge in [-0.1, -0.05) is 44.0 Å². The van der Waals surface area contributed by atoms with Gasteiger partial charge in [0.15, 0.2) is 17.5 Å². The van der Waals surface area contributed by atoms with E-state index in [1.165, 1.54) is 44.1 Å². The predicted molar refractivity (Wildman–Crippen MR) is 128 cm³/mol. The summed E-state index contributed by atoms with van der Waals surface area (Å²) in [6, 6.07) is 18.5. The van der Waals surface area contributed by atoms with Gasteiger partial charge in [-0.3, -0.25) is 0 Å². The first-order valence-corrected chi connectivity index (χ1v) is 11.9. The molecule has 4 heteroatoms. The second-order valence-corrected chi connectivity index (χ2v) is 9.28. The van der Waals surface area contributed by atoms with E-state index in [4.69, 9.17) is 0 Å². The number of aromatic nitrogens is 1. The van der Waals surface area contributed by atoms with Crippen molar-refractivity contribution < 1.29 is 13.2 Å². The second-order valence-electron chi connectivity index (χ2n) is 9.28. The van der Waals surface area contributed by atoms with Crippen molar-refractivity contribution in [3.8, 4) is 16.8 Å². The van der Waals surface area contributed by atoms with Gasteiger partial charge in [0.2, 0.25) is 0 Å². The van der Waals surface area contributed by atoms with Crippen LogP contribution in [0.5, 0.6) is 0 Å². The molecular formula is C29H28F3N. The predicted octanol–water partition coefficient (Wildman–Crippen LogP) is 8.79. The maximum atomic E-state index is 13.8. The lowest BCUT2D eigenvalue weighted by Gasteiger charge is -2.28. The highest BCUT2D eigenvalue weighted by Gasteiger charge is 2.22. The lowest BCUT2D eigenvalue weighted by Crippen LogP contribution is -2.13. The van der Waals surface area contributed by atoms with Gasteiger partial charge in [-0.2, -0.15) is 0 Å². The Hall–Kier alpha value is -3.01. The molecule has 1 nitrogen and oxygen atoms in total. The zero-order valence-corrected chi connectivity index (χ0v) is 18.8. The first kappa shape index (κ1) is 21.8. The normalized spacial score (nSPS) is 18.7. The Balaban J connectivity index is 1.43. The van der Waals surface area contributed by atoms with E-state index in [1.807, 2.05) is 24.4 Å². The van der Waals surface area contributed by atoms with Crippen molar-refractivity contribution >= 4 is 10.9 Å². The molecule has 0 unspecified atom stereocenters. The molecule has 1 aromatic heterocycles. The van der Waals surface area contributed by atoms with Crippen LogP contribution in [0.15, 0.2) is 66.9 Å². The molecule has 1 aliphatic carbocycles. The van der Waals surface area contributed by atoms with E-state index >= 15 is 0 Å². The average molecular weight is 448 g/mol. The van der Waals surface area contributed by atoms with E-state index in [-0.39, 0.29) is 0 Å². The first-order valence-electron chi connectivity index (χ1n) is 11.9. The van der Waals surface area contributed by atoms with E-state index in [2.05, 4.69) is 35.8 Å². The molecule has 0 amide bonds. The highest BCUT2D eigenvalue weighted by Crippen LogP contribution is 2.38. The summed E-state index contributed by atoms with van der Waals surface area (Å²) in [5.41, 5.74) is 4.38. The fourth-order valence-corrected chi connectivity index (χ4v) is 5.46. The fraction of sp³-hybridized carbons (Fsp3) is 0.310. The summed E-state index contributed by atoms with van der Waals surface area (Å²) in [6.45, 7) is 2.27. The van der Waals surface area contributed by atoms with Gasteiger partial charge in [0.05, 0.1) is 5.52 Å². The monoisotopic (exact) mass is 447 g/mol. The van der Waals surface area contributed by atoms with E-state index in [1.54, 1.807) is 6.07 Å². The molecule has 33 heavy (non-hydrogen) atoms. The summed E-state index contributed by atoms with van der Waals surface area (Å²) in [4.78, 5) is 0. The van der Waals surface area contributed by atoms with E-state index in [9.17, 15) is 13.2 Å². The summed E-state index contributed by atoms with van der Waals surface area (Å²) in [6.07, 6.45) is 9.80. The Kier molecular flexibility index (Phi) is 6.01. The van der Waals surface area contributed by atoms with Crippen LogP contribution in [0.25, 0.3) is 27.7 Å². The third-order valence-corrected chi connectivity index (χ3v) is 7.21. The molecule has 0 atom stereocenters. The third-order valence-electron chi connectivity index (χ3n) is 7.21. The molecule has 5 rings (SSSR count). The lowest BCUT2D eigenvalue weighted by molar-refractivity contribution is 0.308. The number of fused-ring (bicyclic) bond motifs is 1. The summed E-state index contributed by atoms with van der Waals surface area (Å²) in [5, 5.41) is 0.862. The number of halogens is 3. The highest BCUT2D eigenvalue weighted by atomic mass is 19.2. The first-order chi connectivity index (χ1) is 16.0. The summed E-state index contributed by atoms with van der Waals surface area (Å²) >= 11 is 0. The van der Waals surface area contributed by atoms with E-state index < -0.39 is 17.5 Å². The number of nitrogens with zero attached hydrogens (tertiary/aromatic N) is 1. The van der Waals surface area contributed by atoms with Crippen LogP contribution in [0.4, 0.5) is 13.2 Å². The largest absolute Gasteiger partial charge is 0.317 e. The topological polar surface area (TPSA) is 4.93 Å². The molecule has 0 aliphatic heterocycles. The van der Waals surface area contributed by atoms with Gasteiger partial charge >= 0.3 is 0 Å². The van der Waals surface area contributed by atoms with Gasteiger partial charge in [0, 0.05) is 17.3 Å². The molecule has 0 bridgehead atoms. The molecule has 0 saturated heterocycles. The van der Waals surface area contributed by atoms with Gasteiger partial charge in [-0.15, -0.1) is 0 Å². The van der Waals surface area contributed by atoms with Crippen molar-refractivity contribution in [1.29, 1.82) is 0 Å². The van der Waals surface area contributed by atoms with E-state index in [0.717, 1.165) is 34.6 Å². The number of hydrogen-bond acceptors (Lipinski definition) is 0. The molecule has 1 fully saturated rings. The molecule has 0 N–H and O–H groups in total. The highest BCUT2D eigenvalue weighted by molar-refractivity contribution is 5.96. The molecule has 1 aliphatic rings. The van der Waals surface area contributed by atoms with Gasteiger partial charge < -0.3 is 4.57 Å². The Bertz CT molecular complexity index is 1240. The van der Waals surface area contributed by atoms with Crippen LogP contribution in [0.2, 0.25) is 0 Å². The van der Waals surface area contributed by atoms with Crippen molar-refractivity contribution in [3.63, 3.8) is 0 Å². The van der Waals surface area contributed by atoms with Crippen molar-refractivity contribution in [3.05, 3.63) is 89.9 Å². The van der Waals surface area contributed by atoms with E-state index in [0.29, 0.717) is 17.0 Å². The van der Waals surface area contributed by atoms with Crippen LogP contribution in [-0.2, 0) is 0 Å². The summed E-state index contributed by atoms with van der Waals surface area (Å²) < 4.78 is 43.2. The van der Waals surface area contributed by atoms with Crippen LogP contribution in [0, 0.1) is 23.4 Å². The minimum atomic E-state index is -1.44. The smallest absolute Gasteiger partial charge is 0.194 e. The number of hydrogen-bond donors (Lipinski definition) is 0. The van der Waals surface area contributed by atoms with Gasteiger partial charge in [0.1, 0.15) is 0 Å². The maximum absolute atomic E-state index is 13.8. The quantitative estimate of drug-likeness (QED) is 0.269. The molecule has 170 valence electrons. The Morgan fingerprint density at radius 3 is 2.21 bits per heavy atom. The molecule has 1 saturated carbocycles. The van der Waals surface area contributed by atoms with Crippen molar-refractivity contribution in [2.75, 3.05) is 0 Å². The van der Waals surface area contributed by atoms with Crippen LogP contribution in [-0.4, -0.2) is 4.57 Å². The SMILES string of the molecule is CCCC1CCC(c2ccc(-n3ccc4c(-c5cc(F)c(F)c(F)c5)cccc43)cc2)CC1. The molecule has 1 heterocycles. The van der Waals surface area contributed by atoms with Gasteiger partial charge in [-0.05, 0) is 90.6 Å². The lowest BCUT2D eigenvalue weighted by atomic mass is 9.77. The summed E-state index contributed by atoms with van der Waals surface area (Å²) in [7, 11) is 0. The van der Waals surface area contributed by atoms with Crippen LogP contribution >= 0.6 is 0 Å². The van der Waals surface area contributed by atoms with Crippen molar-refractivity contribution in [2.24, 2.45) is 5.92 Å². The van der Waals surface area contributed by atoms with Crippen LogP contribution in [0.3, 0.4) is 0 Å². The Morgan fingerprint density at radius 2 is 1.55 bits per heavy atom. The number of rotatable bonds is 5. The van der Waals surface area contributed by atoms with Crippen molar-refractivity contribution in [2.45, 2.75) is 51.4 Å². The molecule has 3 aromatic carbocycles. The second kappa shape index (κ2) is 9.09. The minimum absolute atomic E-state index is 0.323. The maximum Gasteiger partial charge on any atom is 0.194 e. The van der Waals surface area contributed by atoms with Gasteiger partial charge in [0.25, 0.3) is 0 Å². The third kappa shape index (κ3) is 4.19. The zero-order valence-electron chi connectivity index (χ0n) is 18.8. The van der Waals surface area contributed by atoms with Gasteiger partial charge in [-0.25, -0.2) is 13.2 Å². The Morgan fingerprint density at radius 1 is 0.848 bits per heavy atom. The average Bonchev–Trinajstić information content (AvgIpc) is 3.27. The standard InChI is InChI=1S/C29H28F3N/c1-2-4-19-7-9-20(10-8-19)21-11-13-23(14-12-21)33-16-15-25-24(5-3-6-28(25)33)22-17-26(30)29(32)27(31)18-22/h3,5-6,11-20H,2,4,7-10H2,1H3. The Labute approximate surface area is 192 Å². The molecule has 0 radical (unpaired) electrons. The minimum Gasteiger partial charge on any atom is -0.317 e. The fourth-order valence-electron chi connectivity index (χ4n) is 5.46. The van der Waals surface area contributed by atoms with Crippen LogP contribution < -0.4 is 0 Å². The number of benzene rings is 3. The molecular weight excluding hydrogens is 419 g/mol. The summed E-state index contributed by atoms with van der Waals surface area (Å²) in [5.74, 6) is -2.26.